The van der Waals surface area contributed by atoms with Gasteiger partial charge in [-0.3, -0.25) is 0 Å². The zero-order chi connectivity index (χ0) is 21.3. The fraction of sp³-hybridized carbons (Fsp3) is 0.190. The summed E-state index contributed by atoms with van der Waals surface area (Å²) in [4.78, 5) is 13.3. The monoisotopic (exact) mass is 442 g/mol. The summed E-state index contributed by atoms with van der Waals surface area (Å²) in [6.45, 7) is 2.16. The van der Waals surface area contributed by atoms with Gasteiger partial charge >= 0.3 is 0 Å². The van der Waals surface area contributed by atoms with Crippen LogP contribution in [0.25, 0.3) is 16.8 Å². The Kier molecular flexibility index (Phi) is 5.76. The number of imidazole rings is 1. The largest absolute Gasteiger partial charge is 0.387 e. The first-order chi connectivity index (χ1) is 14.5. The number of pyridine rings is 1. The summed E-state index contributed by atoms with van der Waals surface area (Å²) < 4.78 is 2.01. The summed E-state index contributed by atoms with van der Waals surface area (Å²) in [7, 11) is 1.76. The van der Waals surface area contributed by atoms with Crippen LogP contribution in [0.4, 0.5) is 11.8 Å². The summed E-state index contributed by atoms with van der Waals surface area (Å²) in [5.74, 6) is 1.94. The number of benzene rings is 1. The fourth-order valence-corrected chi connectivity index (χ4v) is 3.59. The first-order valence-electron chi connectivity index (χ1n) is 9.33. The molecule has 9 heteroatoms. The minimum absolute atomic E-state index is 0.208. The summed E-state index contributed by atoms with van der Waals surface area (Å²) in [6, 6.07) is 11.0. The molecule has 0 bridgehead atoms. The molecule has 0 aliphatic carbocycles. The van der Waals surface area contributed by atoms with Crippen molar-refractivity contribution in [3.63, 3.8) is 0 Å². The number of halogens is 2. The fourth-order valence-electron chi connectivity index (χ4n) is 3.16. The lowest BCUT2D eigenvalue weighted by Crippen LogP contribution is -2.14. The summed E-state index contributed by atoms with van der Waals surface area (Å²) in [5, 5.41) is 17.4. The number of fused-ring (bicyclic) bond motifs is 1. The van der Waals surface area contributed by atoms with E-state index in [1.54, 1.807) is 25.2 Å². The Morgan fingerprint density at radius 2 is 2.00 bits per heavy atom. The SMILES string of the molecule is CNc1nc(NCC(O)c2cccc(Cl)c2Cl)cc(-c2ccc3cnc(C)n3c2)n1. The molecular formula is C21H20Cl2N6O. The normalized spacial score (nSPS) is 12.2. The third-order valence-electron chi connectivity index (χ3n) is 4.77. The van der Waals surface area contributed by atoms with Crippen molar-refractivity contribution in [2.24, 2.45) is 0 Å². The molecule has 1 aromatic carbocycles. The van der Waals surface area contributed by atoms with Gasteiger partial charge in [0.1, 0.15) is 11.6 Å². The van der Waals surface area contributed by atoms with Crippen LogP contribution in [0.5, 0.6) is 0 Å². The number of hydrogen-bond acceptors (Lipinski definition) is 6. The van der Waals surface area contributed by atoms with Crippen LogP contribution in [0.3, 0.4) is 0 Å². The van der Waals surface area contributed by atoms with Gasteiger partial charge in [-0.15, -0.1) is 0 Å². The zero-order valence-electron chi connectivity index (χ0n) is 16.4. The molecule has 4 aromatic rings. The molecule has 7 nitrogen and oxygen atoms in total. The molecule has 0 aliphatic heterocycles. The highest BCUT2D eigenvalue weighted by molar-refractivity contribution is 6.42. The number of aromatic nitrogens is 4. The number of aliphatic hydroxyl groups excluding tert-OH is 1. The maximum Gasteiger partial charge on any atom is 0.224 e. The maximum atomic E-state index is 10.6. The Balaban J connectivity index is 1.60. The van der Waals surface area contributed by atoms with Gasteiger partial charge in [0.15, 0.2) is 0 Å². The highest BCUT2D eigenvalue weighted by atomic mass is 35.5. The van der Waals surface area contributed by atoms with Crippen LogP contribution in [0.2, 0.25) is 10.0 Å². The Morgan fingerprint density at radius 3 is 2.80 bits per heavy atom. The van der Waals surface area contributed by atoms with Gasteiger partial charge in [0.25, 0.3) is 0 Å². The summed E-state index contributed by atoms with van der Waals surface area (Å²) >= 11 is 12.3. The van der Waals surface area contributed by atoms with Crippen molar-refractivity contribution in [2.75, 3.05) is 24.2 Å². The van der Waals surface area contributed by atoms with Gasteiger partial charge in [-0.25, -0.2) is 9.97 Å². The Labute approximate surface area is 183 Å². The van der Waals surface area contributed by atoms with Gasteiger partial charge in [-0.05, 0) is 25.1 Å². The molecule has 0 fully saturated rings. The first kappa shape index (κ1) is 20.4. The molecule has 0 radical (unpaired) electrons. The van der Waals surface area contributed by atoms with Crippen molar-refractivity contribution in [3.8, 4) is 11.3 Å². The molecule has 0 amide bonds. The zero-order valence-corrected chi connectivity index (χ0v) is 17.9. The van der Waals surface area contributed by atoms with E-state index in [9.17, 15) is 5.11 Å². The van der Waals surface area contributed by atoms with E-state index in [0.29, 0.717) is 27.4 Å². The van der Waals surface area contributed by atoms with Crippen LogP contribution in [-0.2, 0) is 0 Å². The Morgan fingerprint density at radius 1 is 1.17 bits per heavy atom. The van der Waals surface area contributed by atoms with Crippen LogP contribution in [-0.4, -0.2) is 38.1 Å². The number of nitrogens with one attached hydrogen (secondary N) is 2. The topological polar surface area (TPSA) is 87.4 Å². The second kappa shape index (κ2) is 8.47. The smallest absolute Gasteiger partial charge is 0.224 e. The predicted octanol–water partition coefficient (Wildman–Crippen LogP) is 4.59. The highest BCUT2D eigenvalue weighted by Gasteiger charge is 2.15. The minimum atomic E-state index is -0.849. The number of aryl methyl sites for hydroxylation is 1. The number of nitrogens with zero attached hydrogens (tertiary/aromatic N) is 4. The lowest BCUT2D eigenvalue weighted by atomic mass is 10.1. The third kappa shape index (κ3) is 4.05. The molecule has 0 saturated heterocycles. The minimum Gasteiger partial charge on any atom is -0.387 e. The highest BCUT2D eigenvalue weighted by Crippen LogP contribution is 2.30. The average molecular weight is 443 g/mol. The van der Waals surface area contributed by atoms with Crippen molar-refractivity contribution in [2.45, 2.75) is 13.0 Å². The van der Waals surface area contributed by atoms with Crippen LogP contribution < -0.4 is 10.6 Å². The lowest BCUT2D eigenvalue weighted by molar-refractivity contribution is 0.191. The second-order valence-electron chi connectivity index (χ2n) is 6.77. The van der Waals surface area contributed by atoms with Crippen LogP contribution in [0, 0.1) is 6.92 Å². The van der Waals surface area contributed by atoms with E-state index in [-0.39, 0.29) is 6.54 Å². The predicted molar refractivity (Wildman–Crippen MR) is 120 cm³/mol. The number of rotatable bonds is 6. The van der Waals surface area contributed by atoms with Crippen molar-refractivity contribution in [1.82, 2.24) is 19.4 Å². The average Bonchev–Trinajstić information content (AvgIpc) is 3.14. The second-order valence-corrected chi connectivity index (χ2v) is 7.55. The number of anilines is 2. The molecule has 3 N–H and O–H groups in total. The van der Waals surface area contributed by atoms with Gasteiger partial charge in [-0.2, -0.15) is 4.98 Å². The van der Waals surface area contributed by atoms with E-state index in [1.165, 1.54) is 0 Å². The Bertz CT molecular complexity index is 1210. The first-order valence-corrected chi connectivity index (χ1v) is 10.1. The molecule has 30 heavy (non-hydrogen) atoms. The third-order valence-corrected chi connectivity index (χ3v) is 5.61. The van der Waals surface area contributed by atoms with Crippen molar-refractivity contribution >= 4 is 40.5 Å². The standard InChI is InChI=1S/C21H20Cl2N6O/c1-12-25-9-14-7-6-13(11-29(12)14)17-8-19(28-21(24-2)27-17)26-10-18(30)15-4-3-5-16(22)20(15)23/h3-9,11,18,30H,10H2,1-2H3,(H2,24,26,27,28). The molecular weight excluding hydrogens is 423 g/mol. The van der Waals surface area contributed by atoms with Crippen molar-refractivity contribution < 1.29 is 5.11 Å². The van der Waals surface area contributed by atoms with Gasteiger partial charge in [0.05, 0.1) is 33.6 Å². The molecule has 154 valence electrons. The van der Waals surface area contributed by atoms with E-state index in [1.807, 2.05) is 41.9 Å². The van der Waals surface area contributed by atoms with E-state index in [4.69, 9.17) is 23.2 Å². The van der Waals surface area contributed by atoms with E-state index in [0.717, 1.165) is 22.6 Å². The molecule has 1 atom stereocenters. The van der Waals surface area contributed by atoms with Crippen LogP contribution >= 0.6 is 23.2 Å². The van der Waals surface area contributed by atoms with E-state index >= 15 is 0 Å². The maximum absolute atomic E-state index is 10.6. The molecule has 0 saturated carbocycles. The number of hydrogen-bond donors (Lipinski definition) is 3. The van der Waals surface area contributed by atoms with Gasteiger partial charge in [0.2, 0.25) is 5.95 Å². The van der Waals surface area contributed by atoms with Crippen LogP contribution in [0.15, 0.2) is 48.8 Å². The van der Waals surface area contributed by atoms with Gasteiger partial charge in [0, 0.05) is 37.0 Å². The molecule has 3 aromatic heterocycles. The quantitative estimate of drug-likeness (QED) is 0.404. The molecule has 1 unspecified atom stereocenters. The van der Waals surface area contributed by atoms with Crippen LogP contribution in [0.1, 0.15) is 17.5 Å². The summed E-state index contributed by atoms with van der Waals surface area (Å²) in [6.07, 6.45) is 2.97. The molecule has 0 spiro atoms. The molecule has 0 aliphatic rings. The van der Waals surface area contributed by atoms with E-state index in [2.05, 4.69) is 25.6 Å². The Hall–Kier alpha value is -2.87. The molecule has 4 rings (SSSR count). The van der Waals surface area contributed by atoms with E-state index < -0.39 is 6.10 Å². The molecule has 3 heterocycles. The number of aliphatic hydroxyl groups is 1. The van der Waals surface area contributed by atoms with Crippen molar-refractivity contribution in [3.05, 3.63) is 70.2 Å². The van der Waals surface area contributed by atoms with Gasteiger partial charge < -0.3 is 20.1 Å². The summed E-state index contributed by atoms with van der Waals surface area (Å²) in [5.41, 5.74) is 3.23. The van der Waals surface area contributed by atoms with Crippen molar-refractivity contribution in [1.29, 1.82) is 0 Å². The lowest BCUT2D eigenvalue weighted by Gasteiger charge is -2.16. The van der Waals surface area contributed by atoms with Gasteiger partial charge in [-0.1, -0.05) is 35.3 Å².